The van der Waals surface area contributed by atoms with E-state index in [4.69, 9.17) is 23.2 Å². The molecule has 4 nitrogen and oxygen atoms in total. The second kappa shape index (κ2) is 10.4. The van der Waals surface area contributed by atoms with Crippen LogP contribution in [-0.4, -0.2) is 29.3 Å². The van der Waals surface area contributed by atoms with Crippen LogP contribution < -0.4 is 5.32 Å². The Morgan fingerprint density at radius 1 is 1.07 bits per heavy atom. The maximum atomic E-state index is 13.2. The number of amides is 2. The van der Waals surface area contributed by atoms with Gasteiger partial charge in [-0.3, -0.25) is 9.59 Å². The monoisotopic (exact) mass is 424 g/mol. The summed E-state index contributed by atoms with van der Waals surface area (Å²) in [6, 6.07) is 10.2. The minimum Gasteiger partial charge on any atom is -0.355 e. The minimum absolute atomic E-state index is 0.0399. The van der Waals surface area contributed by atoms with E-state index in [1.54, 1.807) is 30.3 Å². The van der Waals surface area contributed by atoms with E-state index in [1.807, 2.05) is 13.8 Å². The molecule has 0 aliphatic carbocycles. The van der Waals surface area contributed by atoms with Gasteiger partial charge in [-0.05, 0) is 43.2 Å². The normalized spacial score (nSPS) is 11.8. The number of carbonyl (C=O) groups is 2. The molecule has 28 heavy (non-hydrogen) atoms. The Morgan fingerprint density at radius 2 is 1.68 bits per heavy atom. The summed E-state index contributed by atoms with van der Waals surface area (Å²) in [6.07, 6.45) is 0.474. The van der Waals surface area contributed by atoms with Gasteiger partial charge in [0.25, 0.3) is 0 Å². The van der Waals surface area contributed by atoms with Gasteiger partial charge in [0, 0.05) is 28.7 Å². The van der Waals surface area contributed by atoms with Crippen molar-refractivity contribution in [1.82, 2.24) is 10.2 Å². The molecule has 1 unspecified atom stereocenters. The van der Waals surface area contributed by atoms with Crippen molar-refractivity contribution in [2.45, 2.75) is 39.3 Å². The molecule has 0 bridgehead atoms. The number of benzene rings is 2. The lowest BCUT2D eigenvalue weighted by Crippen LogP contribution is -2.49. The van der Waals surface area contributed by atoms with Crippen molar-refractivity contribution < 1.29 is 14.0 Å². The zero-order valence-corrected chi connectivity index (χ0v) is 17.4. The van der Waals surface area contributed by atoms with Crippen LogP contribution in [0.5, 0.6) is 0 Å². The third-order valence-corrected chi connectivity index (χ3v) is 5.10. The van der Waals surface area contributed by atoms with E-state index in [1.165, 1.54) is 17.0 Å². The Kier molecular flexibility index (Phi) is 8.27. The van der Waals surface area contributed by atoms with Crippen LogP contribution >= 0.6 is 23.2 Å². The molecular formula is C21H23Cl2FN2O2. The molecule has 2 rings (SSSR count). The summed E-state index contributed by atoms with van der Waals surface area (Å²) in [7, 11) is 0. The highest BCUT2D eigenvalue weighted by Crippen LogP contribution is 2.27. The van der Waals surface area contributed by atoms with Crippen LogP contribution in [0.4, 0.5) is 4.39 Å². The average molecular weight is 425 g/mol. The van der Waals surface area contributed by atoms with E-state index in [-0.39, 0.29) is 30.6 Å². The lowest BCUT2D eigenvalue weighted by Gasteiger charge is -2.31. The molecule has 0 saturated heterocycles. The van der Waals surface area contributed by atoms with Gasteiger partial charge >= 0.3 is 0 Å². The number of nitrogens with zero attached hydrogens (tertiary/aromatic N) is 1. The fourth-order valence-corrected chi connectivity index (χ4v) is 3.46. The van der Waals surface area contributed by atoms with Gasteiger partial charge in [-0.15, -0.1) is 0 Å². The summed E-state index contributed by atoms with van der Waals surface area (Å²) >= 11 is 12.6. The Bertz CT molecular complexity index is 807. The summed E-state index contributed by atoms with van der Waals surface area (Å²) < 4.78 is 13.2. The topological polar surface area (TPSA) is 49.4 Å². The van der Waals surface area contributed by atoms with Crippen molar-refractivity contribution in [2.75, 3.05) is 6.54 Å². The first-order chi connectivity index (χ1) is 13.4. The van der Waals surface area contributed by atoms with Crippen LogP contribution in [0.15, 0.2) is 42.5 Å². The molecule has 0 aliphatic heterocycles. The number of halogens is 3. The molecule has 7 heteroatoms. The van der Waals surface area contributed by atoms with Crippen LogP contribution in [0.3, 0.4) is 0 Å². The van der Waals surface area contributed by atoms with Crippen molar-refractivity contribution in [3.8, 4) is 0 Å². The van der Waals surface area contributed by atoms with Gasteiger partial charge in [0.05, 0.1) is 6.42 Å². The minimum atomic E-state index is -0.666. The quantitative estimate of drug-likeness (QED) is 0.671. The molecular weight excluding hydrogens is 402 g/mol. The van der Waals surface area contributed by atoms with Crippen LogP contribution in [-0.2, 0) is 22.6 Å². The summed E-state index contributed by atoms with van der Waals surface area (Å²) in [4.78, 5) is 27.1. The van der Waals surface area contributed by atoms with Gasteiger partial charge in [0.1, 0.15) is 11.9 Å². The second-order valence-corrected chi connectivity index (χ2v) is 7.16. The molecule has 1 atom stereocenters. The number of rotatable bonds is 8. The average Bonchev–Trinajstić information content (AvgIpc) is 2.66. The van der Waals surface area contributed by atoms with Crippen LogP contribution in [0.25, 0.3) is 0 Å². The second-order valence-electron chi connectivity index (χ2n) is 6.34. The predicted octanol–water partition coefficient (Wildman–Crippen LogP) is 4.62. The van der Waals surface area contributed by atoms with Crippen molar-refractivity contribution in [1.29, 1.82) is 0 Å². The molecule has 2 aromatic rings. The fourth-order valence-electron chi connectivity index (χ4n) is 2.94. The van der Waals surface area contributed by atoms with Gasteiger partial charge in [-0.25, -0.2) is 4.39 Å². The number of nitrogens with one attached hydrogen (secondary N) is 1. The first kappa shape index (κ1) is 22.2. The van der Waals surface area contributed by atoms with Gasteiger partial charge in [0.15, 0.2) is 0 Å². The maximum absolute atomic E-state index is 13.2. The molecule has 0 saturated carbocycles. The molecule has 0 aliphatic rings. The molecule has 0 fully saturated rings. The van der Waals surface area contributed by atoms with E-state index < -0.39 is 6.04 Å². The first-order valence-corrected chi connectivity index (χ1v) is 9.87. The third-order valence-electron chi connectivity index (χ3n) is 4.40. The standard InChI is InChI=1S/C21H23Cl2FN2O2/c1-3-19(21(28)25-4-2)26(13-16-17(22)6-5-7-18(16)23)20(27)12-14-8-10-15(24)11-9-14/h5-11,19H,3-4,12-13H2,1-2H3,(H,25,28). The predicted molar refractivity (Wildman–Crippen MR) is 110 cm³/mol. The zero-order valence-electron chi connectivity index (χ0n) is 15.8. The lowest BCUT2D eigenvalue weighted by atomic mass is 10.1. The Balaban J connectivity index is 2.35. The number of hydrogen-bond donors (Lipinski definition) is 1. The van der Waals surface area contributed by atoms with Crippen molar-refractivity contribution in [3.63, 3.8) is 0 Å². The van der Waals surface area contributed by atoms with Gasteiger partial charge in [0.2, 0.25) is 11.8 Å². The molecule has 0 spiro atoms. The van der Waals surface area contributed by atoms with Crippen molar-refractivity contribution in [3.05, 3.63) is 69.5 Å². The maximum Gasteiger partial charge on any atom is 0.242 e. The van der Waals surface area contributed by atoms with Crippen LogP contribution in [0, 0.1) is 5.82 Å². The molecule has 2 amide bonds. The van der Waals surface area contributed by atoms with E-state index >= 15 is 0 Å². The molecule has 0 radical (unpaired) electrons. The van der Waals surface area contributed by atoms with Crippen LogP contribution in [0.2, 0.25) is 10.0 Å². The molecule has 2 aromatic carbocycles. The van der Waals surface area contributed by atoms with E-state index in [0.29, 0.717) is 34.1 Å². The zero-order chi connectivity index (χ0) is 20.7. The Morgan fingerprint density at radius 3 is 2.21 bits per heavy atom. The Labute approximate surface area is 174 Å². The lowest BCUT2D eigenvalue weighted by molar-refractivity contribution is -0.140. The fraction of sp³-hybridized carbons (Fsp3) is 0.333. The SMILES string of the molecule is CCNC(=O)C(CC)N(Cc1c(Cl)cccc1Cl)C(=O)Cc1ccc(F)cc1. The summed E-state index contributed by atoms with van der Waals surface area (Å²) in [6.45, 7) is 4.23. The van der Waals surface area contributed by atoms with Gasteiger partial charge in [-0.1, -0.05) is 48.3 Å². The molecule has 0 aromatic heterocycles. The summed E-state index contributed by atoms with van der Waals surface area (Å²) in [5.74, 6) is -0.869. The smallest absolute Gasteiger partial charge is 0.242 e. The number of hydrogen-bond acceptors (Lipinski definition) is 2. The summed E-state index contributed by atoms with van der Waals surface area (Å²) in [5, 5.41) is 3.63. The highest BCUT2D eigenvalue weighted by molar-refractivity contribution is 6.36. The number of likely N-dealkylation sites (N-methyl/N-ethyl adjacent to an activating group) is 1. The molecule has 150 valence electrons. The number of carbonyl (C=O) groups excluding carboxylic acids is 2. The molecule has 1 N–H and O–H groups in total. The highest BCUT2D eigenvalue weighted by atomic mass is 35.5. The van der Waals surface area contributed by atoms with E-state index in [0.717, 1.165) is 0 Å². The Hall–Kier alpha value is -2.11. The largest absolute Gasteiger partial charge is 0.355 e. The van der Waals surface area contributed by atoms with Gasteiger partial charge in [-0.2, -0.15) is 0 Å². The highest BCUT2D eigenvalue weighted by Gasteiger charge is 2.29. The first-order valence-electron chi connectivity index (χ1n) is 9.11. The molecule has 0 heterocycles. The van der Waals surface area contributed by atoms with Crippen molar-refractivity contribution in [2.24, 2.45) is 0 Å². The third kappa shape index (κ3) is 5.69. The van der Waals surface area contributed by atoms with Crippen LogP contribution in [0.1, 0.15) is 31.4 Å². The summed E-state index contributed by atoms with van der Waals surface area (Å²) in [5.41, 5.74) is 1.24. The van der Waals surface area contributed by atoms with Gasteiger partial charge < -0.3 is 10.2 Å². The van der Waals surface area contributed by atoms with E-state index in [2.05, 4.69) is 5.32 Å². The van der Waals surface area contributed by atoms with Crippen molar-refractivity contribution >= 4 is 35.0 Å². The van der Waals surface area contributed by atoms with E-state index in [9.17, 15) is 14.0 Å².